The molecule has 1 saturated heterocycles. The van der Waals surface area contributed by atoms with E-state index in [4.69, 9.17) is 5.11 Å². The molecular weight excluding hydrogens is 228 g/mol. The molecule has 0 amide bonds. The minimum absolute atomic E-state index is 0.395. The van der Waals surface area contributed by atoms with E-state index in [0.717, 1.165) is 18.7 Å². The maximum atomic E-state index is 11.0. The topological polar surface area (TPSA) is 52.6 Å². The molecule has 0 spiro atoms. The van der Waals surface area contributed by atoms with E-state index in [9.17, 15) is 4.79 Å². The van der Waals surface area contributed by atoms with Crippen LogP contribution in [-0.4, -0.2) is 42.2 Å². The largest absolute Gasteiger partial charge is 0.478 e. The van der Waals surface area contributed by atoms with Crippen LogP contribution >= 0.6 is 0 Å². The Morgan fingerprint density at radius 1 is 1.28 bits per heavy atom. The molecule has 4 heteroatoms. The number of rotatable bonds is 6. The average Bonchev–Trinajstić information content (AvgIpc) is 2.88. The number of nitrogens with zero attached hydrogens (tertiary/aromatic N) is 1. The summed E-state index contributed by atoms with van der Waals surface area (Å²) in [6.07, 6.45) is 2.61. The normalized spacial score (nSPS) is 16.0. The smallest absolute Gasteiger partial charge is 0.336 e. The zero-order valence-electron chi connectivity index (χ0n) is 10.6. The van der Waals surface area contributed by atoms with Crippen molar-refractivity contribution in [2.24, 2.45) is 0 Å². The molecule has 0 saturated carbocycles. The van der Waals surface area contributed by atoms with E-state index in [1.807, 2.05) is 12.1 Å². The van der Waals surface area contributed by atoms with Crippen molar-refractivity contribution in [3.63, 3.8) is 0 Å². The maximum absolute atomic E-state index is 11.0. The Labute approximate surface area is 108 Å². The van der Waals surface area contributed by atoms with E-state index < -0.39 is 5.97 Å². The molecule has 0 bridgehead atoms. The molecule has 0 atom stereocenters. The van der Waals surface area contributed by atoms with Crippen LogP contribution in [-0.2, 0) is 6.54 Å². The summed E-state index contributed by atoms with van der Waals surface area (Å²) in [5, 5.41) is 12.4. The van der Waals surface area contributed by atoms with Crippen molar-refractivity contribution >= 4 is 5.97 Å². The van der Waals surface area contributed by atoms with Crippen molar-refractivity contribution in [3.05, 3.63) is 35.4 Å². The minimum Gasteiger partial charge on any atom is -0.478 e. The molecule has 1 fully saturated rings. The molecule has 1 heterocycles. The lowest BCUT2D eigenvalue weighted by atomic mass is 10.1. The lowest BCUT2D eigenvalue weighted by molar-refractivity contribution is 0.0695. The van der Waals surface area contributed by atoms with Crippen LogP contribution in [0.15, 0.2) is 24.3 Å². The number of hydrogen-bond donors (Lipinski definition) is 2. The fourth-order valence-electron chi connectivity index (χ4n) is 2.35. The van der Waals surface area contributed by atoms with Gasteiger partial charge in [-0.2, -0.15) is 0 Å². The van der Waals surface area contributed by atoms with Gasteiger partial charge in [-0.3, -0.25) is 0 Å². The molecule has 0 unspecified atom stereocenters. The van der Waals surface area contributed by atoms with E-state index >= 15 is 0 Å². The Bertz CT molecular complexity index is 401. The Morgan fingerprint density at radius 2 is 2.00 bits per heavy atom. The Hall–Kier alpha value is -1.39. The quantitative estimate of drug-likeness (QED) is 0.750. The number of aromatic carboxylic acids is 1. The molecule has 4 nitrogen and oxygen atoms in total. The molecule has 1 aliphatic heterocycles. The van der Waals surface area contributed by atoms with E-state index in [2.05, 4.69) is 10.2 Å². The van der Waals surface area contributed by atoms with Crippen LogP contribution in [0, 0.1) is 0 Å². The van der Waals surface area contributed by atoms with Crippen molar-refractivity contribution in [2.75, 3.05) is 26.2 Å². The molecule has 2 rings (SSSR count). The highest BCUT2D eigenvalue weighted by molar-refractivity contribution is 5.89. The van der Waals surface area contributed by atoms with Gasteiger partial charge in [-0.1, -0.05) is 18.2 Å². The van der Waals surface area contributed by atoms with Gasteiger partial charge in [0.15, 0.2) is 0 Å². The number of carboxylic acids is 1. The lowest BCUT2D eigenvalue weighted by Gasteiger charge is -2.15. The van der Waals surface area contributed by atoms with E-state index in [-0.39, 0.29) is 0 Å². The number of hydrogen-bond acceptors (Lipinski definition) is 3. The average molecular weight is 248 g/mol. The predicted octanol–water partition coefficient (Wildman–Crippen LogP) is 1.57. The first-order valence-corrected chi connectivity index (χ1v) is 6.51. The molecule has 2 N–H and O–H groups in total. The lowest BCUT2D eigenvalue weighted by Crippen LogP contribution is -2.30. The van der Waals surface area contributed by atoms with Gasteiger partial charge in [0.05, 0.1) is 5.56 Å². The zero-order chi connectivity index (χ0) is 12.8. The van der Waals surface area contributed by atoms with Gasteiger partial charge < -0.3 is 15.3 Å². The molecule has 18 heavy (non-hydrogen) atoms. The SMILES string of the molecule is O=C(O)c1ccccc1CNCCN1CCCC1. The fourth-order valence-corrected chi connectivity index (χ4v) is 2.35. The molecule has 0 radical (unpaired) electrons. The number of carboxylic acid groups (broad SMARTS) is 1. The summed E-state index contributed by atoms with van der Waals surface area (Å²) in [5.41, 5.74) is 1.25. The summed E-state index contributed by atoms with van der Waals surface area (Å²) in [6, 6.07) is 7.16. The van der Waals surface area contributed by atoms with Crippen molar-refractivity contribution in [1.82, 2.24) is 10.2 Å². The maximum Gasteiger partial charge on any atom is 0.336 e. The second-order valence-electron chi connectivity index (χ2n) is 4.69. The Balaban J connectivity index is 1.77. The third kappa shape index (κ3) is 3.55. The molecule has 0 aromatic heterocycles. The molecule has 1 aromatic carbocycles. The number of benzene rings is 1. The summed E-state index contributed by atoms with van der Waals surface area (Å²) in [6.45, 7) is 4.99. The minimum atomic E-state index is -0.855. The van der Waals surface area contributed by atoms with Gasteiger partial charge in [0, 0.05) is 19.6 Å². The second kappa shape index (κ2) is 6.52. The van der Waals surface area contributed by atoms with Crippen LogP contribution in [0.1, 0.15) is 28.8 Å². The van der Waals surface area contributed by atoms with Gasteiger partial charge in [-0.05, 0) is 37.6 Å². The Kier molecular flexibility index (Phi) is 4.73. The van der Waals surface area contributed by atoms with E-state index in [1.54, 1.807) is 12.1 Å². The van der Waals surface area contributed by atoms with Crippen LogP contribution < -0.4 is 5.32 Å². The standard InChI is InChI=1S/C14H20N2O2/c17-14(18)13-6-2-1-5-12(13)11-15-7-10-16-8-3-4-9-16/h1-2,5-6,15H,3-4,7-11H2,(H,17,18). The first-order valence-electron chi connectivity index (χ1n) is 6.51. The van der Waals surface area contributed by atoms with Crippen molar-refractivity contribution in [3.8, 4) is 0 Å². The van der Waals surface area contributed by atoms with Crippen LogP contribution in [0.4, 0.5) is 0 Å². The first-order chi connectivity index (χ1) is 8.77. The van der Waals surface area contributed by atoms with Crippen LogP contribution in [0.5, 0.6) is 0 Å². The summed E-state index contributed by atoms with van der Waals surface area (Å²) in [4.78, 5) is 13.5. The highest BCUT2D eigenvalue weighted by atomic mass is 16.4. The van der Waals surface area contributed by atoms with Gasteiger partial charge in [0.25, 0.3) is 0 Å². The van der Waals surface area contributed by atoms with Gasteiger partial charge in [0.2, 0.25) is 0 Å². The summed E-state index contributed by atoms with van der Waals surface area (Å²) >= 11 is 0. The van der Waals surface area contributed by atoms with E-state index in [0.29, 0.717) is 12.1 Å². The fraction of sp³-hybridized carbons (Fsp3) is 0.500. The third-order valence-electron chi connectivity index (χ3n) is 3.37. The predicted molar refractivity (Wildman–Crippen MR) is 70.8 cm³/mol. The summed E-state index contributed by atoms with van der Waals surface area (Å²) in [7, 11) is 0. The van der Waals surface area contributed by atoms with E-state index in [1.165, 1.54) is 25.9 Å². The summed E-state index contributed by atoms with van der Waals surface area (Å²) in [5.74, 6) is -0.855. The number of nitrogens with one attached hydrogen (secondary N) is 1. The third-order valence-corrected chi connectivity index (χ3v) is 3.37. The van der Waals surface area contributed by atoms with Crippen molar-refractivity contribution < 1.29 is 9.90 Å². The van der Waals surface area contributed by atoms with Crippen LogP contribution in [0.25, 0.3) is 0 Å². The molecule has 1 aliphatic rings. The van der Waals surface area contributed by atoms with Gasteiger partial charge in [0.1, 0.15) is 0 Å². The van der Waals surface area contributed by atoms with Crippen molar-refractivity contribution in [2.45, 2.75) is 19.4 Å². The van der Waals surface area contributed by atoms with Gasteiger partial charge >= 0.3 is 5.97 Å². The molecule has 0 aliphatic carbocycles. The first kappa shape index (κ1) is 13.1. The van der Waals surface area contributed by atoms with Gasteiger partial charge in [-0.15, -0.1) is 0 Å². The highest BCUT2D eigenvalue weighted by Crippen LogP contribution is 2.08. The number of carbonyl (C=O) groups is 1. The highest BCUT2D eigenvalue weighted by Gasteiger charge is 2.11. The molecule has 1 aromatic rings. The van der Waals surface area contributed by atoms with Crippen molar-refractivity contribution in [1.29, 1.82) is 0 Å². The molecule has 98 valence electrons. The number of likely N-dealkylation sites (tertiary alicyclic amines) is 1. The second-order valence-corrected chi connectivity index (χ2v) is 4.69. The van der Waals surface area contributed by atoms with Gasteiger partial charge in [-0.25, -0.2) is 4.79 Å². The van der Waals surface area contributed by atoms with Crippen LogP contribution in [0.2, 0.25) is 0 Å². The summed E-state index contributed by atoms with van der Waals surface area (Å²) < 4.78 is 0. The Morgan fingerprint density at radius 3 is 2.72 bits per heavy atom. The molecular formula is C14H20N2O2. The monoisotopic (exact) mass is 248 g/mol. The van der Waals surface area contributed by atoms with Crippen LogP contribution in [0.3, 0.4) is 0 Å². The zero-order valence-corrected chi connectivity index (χ0v) is 10.6.